The first-order valence-electron chi connectivity index (χ1n) is 8.60. The zero-order chi connectivity index (χ0) is 17.7. The average molecular weight is 361 g/mol. The number of rotatable bonds is 6. The third kappa shape index (κ3) is 3.90. The van der Waals surface area contributed by atoms with Crippen molar-refractivity contribution in [3.8, 4) is 11.5 Å². The summed E-state index contributed by atoms with van der Waals surface area (Å²) in [4.78, 5) is 0.219. The summed E-state index contributed by atoms with van der Waals surface area (Å²) in [5.74, 6) is 1.08. The van der Waals surface area contributed by atoms with E-state index >= 15 is 0 Å². The van der Waals surface area contributed by atoms with Crippen LogP contribution in [0.4, 0.5) is 5.69 Å². The Morgan fingerprint density at radius 3 is 2.44 bits per heavy atom. The fourth-order valence-corrected chi connectivity index (χ4v) is 4.23. The van der Waals surface area contributed by atoms with E-state index in [9.17, 15) is 8.42 Å². The lowest BCUT2D eigenvalue weighted by Gasteiger charge is -2.24. The van der Waals surface area contributed by atoms with Crippen LogP contribution >= 0.6 is 0 Å². The van der Waals surface area contributed by atoms with Gasteiger partial charge < -0.3 is 9.47 Å². The molecule has 5 nitrogen and oxygen atoms in total. The maximum absolute atomic E-state index is 13.2. The normalized spacial score (nSPS) is 14.0. The molecule has 0 saturated carbocycles. The topological polar surface area (TPSA) is 55.8 Å². The Morgan fingerprint density at radius 2 is 1.72 bits per heavy atom. The lowest BCUT2D eigenvalue weighted by molar-refractivity contribution is 0.297. The van der Waals surface area contributed by atoms with E-state index in [0.29, 0.717) is 36.9 Å². The van der Waals surface area contributed by atoms with E-state index in [1.54, 1.807) is 18.2 Å². The summed E-state index contributed by atoms with van der Waals surface area (Å²) in [6, 6.07) is 14.0. The van der Waals surface area contributed by atoms with Crippen LogP contribution in [0.15, 0.2) is 53.4 Å². The van der Waals surface area contributed by atoms with Gasteiger partial charge in [-0.15, -0.1) is 0 Å². The van der Waals surface area contributed by atoms with Crippen LogP contribution in [0.1, 0.15) is 26.2 Å². The number of para-hydroxylation sites is 1. The third-order valence-corrected chi connectivity index (χ3v) is 5.89. The monoisotopic (exact) mass is 361 g/mol. The molecule has 134 valence electrons. The lowest BCUT2D eigenvalue weighted by atomic mass is 10.3. The highest BCUT2D eigenvalue weighted by molar-refractivity contribution is 7.92. The highest BCUT2D eigenvalue weighted by Gasteiger charge is 2.26. The molecule has 0 unspecified atom stereocenters. The molecule has 3 rings (SSSR count). The molecule has 0 atom stereocenters. The number of unbranched alkanes of at least 4 members (excludes halogenated alkanes) is 1. The van der Waals surface area contributed by atoms with Crippen LogP contribution in [0.3, 0.4) is 0 Å². The van der Waals surface area contributed by atoms with Crippen molar-refractivity contribution in [2.24, 2.45) is 0 Å². The summed E-state index contributed by atoms with van der Waals surface area (Å²) in [5.41, 5.74) is 0.670. The van der Waals surface area contributed by atoms with Crippen molar-refractivity contribution < 1.29 is 17.9 Å². The number of sulfonamides is 1. The van der Waals surface area contributed by atoms with Crippen LogP contribution in [-0.4, -0.2) is 28.2 Å². The van der Waals surface area contributed by atoms with Crippen LogP contribution < -0.4 is 13.8 Å². The first-order valence-corrected chi connectivity index (χ1v) is 10.0. The van der Waals surface area contributed by atoms with Crippen molar-refractivity contribution >= 4 is 15.7 Å². The number of fused-ring (bicyclic) bond motifs is 1. The molecule has 0 radical (unpaired) electrons. The molecule has 0 aromatic heterocycles. The van der Waals surface area contributed by atoms with Gasteiger partial charge in [0, 0.05) is 19.0 Å². The summed E-state index contributed by atoms with van der Waals surface area (Å²) in [7, 11) is -3.67. The van der Waals surface area contributed by atoms with Crippen molar-refractivity contribution in [2.45, 2.75) is 31.1 Å². The number of ether oxygens (including phenoxy) is 2. The number of nitrogens with zero attached hydrogens (tertiary/aromatic N) is 1. The molecule has 2 aromatic rings. The minimum atomic E-state index is -3.67. The fourth-order valence-electron chi connectivity index (χ4n) is 2.72. The molecule has 0 saturated heterocycles. The second-order valence-corrected chi connectivity index (χ2v) is 7.79. The van der Waals surface area contributed by atoms with E-state index in [2.05, 4.69) is 0 Å². The highest BCUT2D eigenvalue weighted by Crippen LogP contribution is 2.34. The standard InChI is InChI=1S/C19H23NO4S/c1-2-3-12-20(16-8-5-4-6-9-16)25(21,22)17-10-11-18-19(15-17)24-14-7-13-23-18/h4-6,8-11,15H,2-3,7,12-14H2,1H3. The van der Waals surface area contributed by atoms with E-state index < -0.39 is 10.0 Å². The zero-order valence-electron chi connectivity index (χ0n) is 14.3. The molecule has 25 heavy (non-hydrogen) atoms. The van der Waals surface area contributed by atoms with Crippen LogP contribution in [-0.2, 0) is 10.0 Å². The number of benzene rings is 2. The molecule has 2 aromatic carbocycles. The second kappa shape index (κ2) is 7.78. The van der Waals surface area contributed by atoms with E-state index in [1.165, 1.54) is 4.31 Å². The summed E-state index contributed by atoms with van der Waals surface area (Å²) in [5, 5.41) is 0. The number of hydrogen-bond acceptors (Lipinski definition) is 4. The smallest absolute Gasteiger partial charge is 0.264 e. The van der Waals surface area contributed by atoms with Gasteiger partial charge in [-0.25, -0.2) is 8.42 Å². The Labute approximate surface area is 149 Å². The highest BCUT2D eigenvalue weighted by atomic mass is 32.2. The molecule has 1 aliphatic rings. The van der Waals surface area contributed by atoms with Crippen molar-refractivity contribution in [3.05, 3.63) is 48.5 Å². The minimum Gasteiger partial charge on any atom is -0.490 e. The van der Waals surface area contributed by atoms with Gasteiger partial charge >= 0.3 is 0 Å². The van der Waals surface area contributed by atoms with Crippen LogP contribution in [0, 0.1) is 0 Å². The fraction of sp³-hybridized carbons (Fsp3) is 0.368. The Hall–Kier alpha value is -2.21. The van der Waals surface area contributed by atoms with Gasteiger partial charge in [0.1, 0.15) is 0 Å². The minimum absolute atomic E-state index is 0.219. The summed E-state index contributed by atoms with van der Waals surface area (Å²) in [6.07, 6.45) is 2.49. The Kier molecular flexibility index (Phi) is 5.48. The predicted molar refractivity (Wildman–Crippen MR) is 97.9 cm³/mol. The Balaban J connectivity index is 1.99. The van der Waals surface area contributed by atoms with Gasteiger partial charge in [0.2, 0.25) is 0 Å². The van der Waals surface area contributed by atoms with Crippen LogP contribution in [0.25, 0.3) is 0 Å². The summed E-state index contributed by atoms with van der Waals surface area (Å²) in [6.45, 7) is 3.58. The third-order valence-electron chi connectivity index (χ3n) is 4.07. The van der Waals surface area contributed by atoms with Crippen molar-refractivity contribution in [3.63, 3.8) is 0 Å². The molecule has 0 fully saturated rings. The van der Waals surface area contributed by atoms with Gasteiger partial charge in [-0.2, -0.15) is 0 Å². The predicted octanol–water partition coefficient (Wildman–Crippen LogP) is 3.84. The maximum Gasteiger partial charge on any atom is 0.264 e. The van der Waals surface area contributed by atoms with E-state index in [0.717, 1.165) is 19.3 Å². The molecule has 0 amide bonds. The molecule has 0 bridgehead atoms. The van der Waals surface area contributed by atoms with Crippen molar-refractivity contribution in [1.82, 2.24) is 0 Å². The van der Waals surface area contributed by atoms with E-state index in [4.69, 9.17) is 9.47 Å². The van der Waals surface area contributed by atoms with Crippen molar-refractivity contribution in [2.75, 3.05) is 24.1 Å². The van der Waals surface area contributed by atoms with Gasteiger partial charge in [-0.05, 0) is 30.7 Å². The second-order valence-electron chi connectivity index (χ2n) is 5.93. The maximum atomic E-state index is 13.2. The molecule has 1 heterocycles. The lowest BCUT2D eigenvalue weighted by Crippen LogP contribution is -2.32. The quantitative estimate of drug-likeness (QED) is 0.784. The van der Waals surface area contributed by atoms with Gasteiger partial charge in [0.25, 0.3) is 10.0 Å². The molecular formula is C19H23NO4S. The number of anilines is 1. The first-order chi connectivity index (χ1) is 12.1. The van der Waals surface area contributed by atoms with Crippen molar-refractivity contribution in [1.29, 1.82) is 0 Å². The Bertz CT molecular complexity index is 805. The molecular weight excluding hydrogens is 338 g/mol. The first kappa shape index (κ1) is 17.6. The molecule has 0 N–H and O–H groups in total. The van der Waals surface area contributed by atoms with E-state index in [-0.39, 0.29) is 4.90 Å². The summed E-state index contributed by atoms with van der Waals surface area (Å²) < 4.78 is 39.2. The van der Waals surface area contributed by atoms with Crippen LogP contribution in [0.5, 0.6) is 11.5 Å². The van der Waals surface area contributed by atoms with Gasteiger partial charge in [0.05, 0.1) is 23.8 Å². The largest absolute Gasteiger partial charge is 0.490 e. The number of hydrogen-bond donors (Lipinski definition) is 0. The SMILES string of the molecule is CCCCN(c1ccccc1)S(=O)(=O)c1ccc2c(c1)OCCCO2. The zero-order valence-corrected chi connectivity index (χ0v) is 15.2. The Morgan fingerprint density at radius 1 is 1.00 bits per heavy atom. The summed E-state index contributed by atoms with van der Waals surface area (Å²) >= 11 is 0. The van der Waals surface area contributed by atoms with Gasteiger partial charge in [0.15, 0.2) is 11.5 Å². The van der Waals surface area contributed by atoms with Crippen LogP contribution in [0.2, 0.25) is 0 Å². The van der Waals surface area contributed by atoms with Gasteiger partial charge in [-0.3, -0.25) is 4.31 Å². The molecule has 0 spiro atoms. The molecule has 6 heteroatoms. The molecule has 0 aliphatic carbocycles. The van der Waals surface area contributed by atoms with E-state index in [1.807, 2.05) is 37.3 Å². The van der Waals surface area contributed by atoms with Gasteiger partial charge in [-0.1, -0.05) is 31.5 Å². The average Bonchev–Trinajstić information content (AvgIpc) is 2.87. The molecule has 1 aliphatic heterocycles.